The highest BCUT2D eigenvalue weighted by atomic mass is 16.2. The summed E-state index contributed by atoms with van der Waals surface area (Å²) in [5.74, 6) is 5.81. The fourth-order valence-electron chi connectivity index (χ4n) is 2.46. The topological polar surface area (TPSA) is 61.6 Å². The number of hydrazine groups is 1. The summed E-state index contributed by atoms with van der Waals surface area (Å²) in [6.07, 6.45) is 3.95. The molecule has 0 aromatic carbocycles. The van der Waals surface area contributed by atoms with E-state index in [-0.39, 0.29) is 5.91 Å². The van der Waals surface area contributed by atoms with E-state index >= 15 is 0 Å². The largest absolute Gasteiger partial charge is 0.306 e. The van der Waals surface area contributed by atoms with Gasteiger partial charge in [-0.15, -0.1) is 0 Å². The lowest BCUT2D eigenvalue weighted by atomic mass is 9.96. The molecule has 1 unspecified atom stereocenters. The molecule has 1 rings (SSSR count). The van der Waals surface area contributed by atoms with Crippen molar-refractivity contribution in [3.8, 4) is 0 Å². The molecule has 1 aliphatic heterocycles. The maximum atomic E-state index is 11.1. The Morgan fingerprint density at radius 2 is 2.11 bits per heavy atom. The van der Waals surface area contributed by atoms with Gasteiger partial charge in [-0.1, -0.05) is 0 Å². The number of hydrogen-bond donors (Lipinski definition) is 2. The van der Waals surface area contributed by atoms with Gasteiger partial charge in [-0.05, 0) is 59.3 Å². The predicted molar refractivity (Wildman–Crippen MR) is 73.9 cm³/mol. The van der Waals surface area contributed by atoms with Gasteiger partial charge < -0.3 is 9.80 Å². The average Bonchev–Trinajstić information content (AvgIpc) is 2.38. The second-order valence-corrected chi connectivity index (χ2v) is 5.64. The highest BCUT2D eigenvalue weighted by molar-refractivity contribution is 5.75. The first kappa shape index (κ1) is 15.4. The molecule has 5 nitrogen and oxygen atoms in total. The normalized spacial score (nSPS) is 20.1. The second kappa shape index (κ2) is 7.71. The summed E-state index contributed by atoms with van der Waals surface area (Å²) in [4.78, 5) is 15.9. The number of likely N-dealkylation sites (tertiary alicyclic amines) is 1. The van der Waals surface area contributed by atoms with Gasteiger partial charge in [0.1, 0.15) is 0 Å². The highest BCUT2D eigenvalue weighted by Gasteiger charge is 2.20. The van der Waals surface area contributed by atoms with Gasteiger partial charge in [-0.3, -0.25) is 10.2 Å². The van der Waals surface area contributed by atoms with Gasteiger partial charge in [0.15, 0.2) is 0 Å². The molecule has 1 atom stereocenters. The quantitative estimate of drug-likeness (QED) is 0.411. The molecule has 18 heavy (non-hydrogen) atoms. The molecule has 3 N–H and O–H groups in total. The van der Waals surface area contributed by atoms with Gasteiger partial charge in [0.05, 0.1) is 0 Å². The first-order valence-corrected chi connectivity index (χ1v) is 6.91. The monoisotopic (exact) mass is 256 g/mol. The third kappa shape index (κ3) is 5.33. The third-order valence-corrected chi connectivity index (χ3v) is 4.09. The van der Waals surface area contributed by atoms with Gasteiger partial charge >= 0.3 is 0 Å². The van der Waals surface area contributed by atoms with Crippen molar-refractivity contribution in [1.29, 1.82) is 0 Å². The standard InChI is InChI=1S/C13H28N4O/c1-11(4-5-13(18)15-14)17(3)10-12-6-8-16(2)9-7-12/h11-12H,4-10,14H2,1-3H3,(H,15,18). The molecule has 0 saturated carbocycles. The van der Waals surface area contributed by atoms with Crippen LogP contribution in [0.4, 0.5) is 0 Å². The Bertz CT molecular complexity index is 251. The number of carbonyl (C=O) groups excluding carboxylic acids is 1. The summed E-state index contributed by atoms with van der Waals surface area (Å²) in [6.45, 7) is 5.74. The smallest absolute Gasteiger partial charge is 0.233 e. The van der Waals surface area contributed by atoms with Crippen LogP contribution in [0.1, 0.15) is 32.6 Å². The van der Waals surface area contributed by atoms with E-state index in [1.54, 1.807) is 0 Å². The molecular weight excluding hydrogens is 228 g/mol. The molecule has 1 aliphatic rings. The molecule has 1 fully saturated rings. The van der Waals surface area contributed by atoms with E-state index in [1.807, 2.05) is 0 Å². The zero-order valence-corrected chi connectivity index (χ0v) is 12.0. The van der Waals surface area contributed by atoms with Crippen molar-refractivity contribution in [3.63, 3.8) is 0 Å². The summed E-state index contributed by atoms with van der Waals surface area (Å²) in [7, 11) is 4.34. The minimum Gasteiger partial charge on any atom is -0.306 e. The van der Waals surface area contributed by atoms with Gasteiger partial charge in [0.25, 0.3) is 0 Å². The van der Waals surface area contributed by atoms with Crippen LogP contribution in [-0.2, 0) is 4.79 Å². The van der Waals surface area contributed by atoms with Crippen molar-refractivity contribution in [2.24, 2.45) is 11.8 Å². The first-order chi connectivity index (χ1) is 8.52. The van der Waals surface area contributed by atoms with E-state index in [1.165, 1.54) is 25.9 Å². The van der Waals surface area contributed by atoms with Crippen LogP contribution in [0.2, 0.25) is 0 Å². The molecular formula is C13H28N4O. The number of piperidine rings is 1. The summed E-state index contributed by atoms with van der Waals surface area (Å²) in [5.41, 5.74) is 2.18. The van der Waals surface area contributed by atoms with Gasteiger partial charge in [-0.25, -0.2) is 5.84 Å². The Labute approximate surface area is 111 Å². The number of rotatable bonds is 6. The van der Waals surface area contributed by atoms with Crippen molar-refractivity contribution in [1.82, 2.24) is 15.2 Å². The summed E-state index contributed by atoms with van der Waals surface area (Å²) in [6, 6.07) is 0.432. The second-order valence-electron chi connectivity index (χ2n) is 5.64. The fourth-order valence-corrected chi connectivity index (χ4v) is 2.46. The van der Waals surface area contributed by atoms with E-state index in [0.29, 0.717) is 12.5 Å². The van der Waals surface area contributed by atoms with E-state index in [2.05, 4.69) is 36.2 Å². The minimum atomic E-state index is -0.0745. The Balaban J connectivity index is 2.22. The van der Waals surface area contributed by atoms with Crippen LogP contribution in [0.25, 0.3) is 0 Å². The number of nitrogens with zero attached hydrogens (tertiary/aromatic N) is 2. The van der Waals surface area contributed by atoms with E-state index < -0.39 is 0 Å². The van der Waals surface area contributed by atoms with Crippen molar-refractivity contribution in [3.05, 3.63) is 0 Å². The number of amides is 1. The maximum absolute atomic E-state index is 11.1. The van der Waals surface area contributed by atoms with Crippen LogP contribution in [0.5, 0.6) is 0 Å². The van der Waals surface area contributed by atoms with Crippen LogP contribution < -0.4 is 11.3 Å². The zero-order valence-electron chi connectivity index (χ0n) is 12.0. The van der Waals surface area contributed by atoms with Crippen molar-refractivity contribution < 1.29 is 4.79 Å². The zero-order chi connectivity index (χ0) is 13.5. The molecule has 0 radical (unpaired) electrons. The Hall–Kier alpha value is -0.650. The van der Waals surface area contributed by atoms with Gasteiger partial charge in [-0.2, -0.15) is 0 Å². The first-order valence-electron chi connectivity index (χ1n) is 6.91. The van der Waals surface area contributed by atoms with Crippen molar-refractivity contribution in [2.75, 3.05) is 33.7 Å². The Kier molecular flexibility index (Phi) is 6.60. The molecule has 5 heteroatoms. The van der Waals surface area contributed by atoms with Gasteiger partial charge in [0, 0.05) is 19.0 Å². The summed E-state index contributed by atoms with van der Waals surface area (Å²) < 4.78 is 0. The molecule has 1 saturated heterocycles. The van der Waals surface area contributed by atoms with Gasteiger partial charge in [0.2, 0.25) is 5.91 Å². The van der Waals surface area contributed by atoms with E-state index in [0.717, 1.165) is 18.9 Å². The maximum Gasteiger partial charge on any atom is 0.233 e. The predicted octanol–water partition coefficient (Wildman–Crippen LogP) is 0.419. The third-order valence-electron chi connectivity index (χ3n) is 4.09. The molecule has 1 heterocycles. The van der Waals surface area contributed by atoms with Crippen LogP contribution in [0.15, 0.2) is 0 Å². The fraction of sp³-hybridized carbons (Fsp3) is 0.923. The minimum absolute atomic E-state index is 0.0745. The number of hydrogen-bond acceptors (Lipinski definition) is 4. The average molecular weight is 256 g/mol. The summed E-state index contributed by atoms with van der Waals surface area (Å²) >= 11 is 0. The van der Waals surface area contributed by atoms with E-state index in [9.17, 15) is 4.79 Å². The molecule has 106 valence electrons. The Morgan fingerprint density at radius 1 is 1.50 bits per heavy atom. The SMILES string of the molecule is CC(CCC(=O)NN)N(C)CC1CCN(C)CC1. The molecule has 0 bridgehead atoms. The number of nitrogens with one attached hydrogen (secondary N) is 1. The van der Waals surface area contributed by atoms with Crippen LogP contribution in [-0.4, -0.2) is 55.5 Å². The molecule has 0 aliphatic carbocycles. The molecule has 0 aromatic heterocycles. The Morgan fingerprint density at radius 3 is 2.67 bits per heavy atom. The highest BCUT2D eigenvalue weighted by Crippen LogP contribution is 2.18. The molecule has 0 spiro atoms. The molecule has 1 amide bonds. The van der Waals surface area contributed by atoms with Crippen LogP contribution >= 0.6 is 0 Å². The lowest BCUT2D eigenvalue weighted by Gasteiger charge is -2.34. The lowest BCUT2D eigenvalue weighted by Crippen LogP contribution is -2.39. The van der Waals surface area contributed by atoms with E-state index in [4.69, 9.17) is 5.84 Å². The van der Waals surface area contributed by atoms with Crippen molar-refractivity contribution >= 4 is 5.91 Å². The lowest BCUT2D eigenvalue weighted by molar-refractivity contribution is -0.121. The number of nitrogens with two attached hydrogens (primary N) is 1. The van der Waals surface area contributed by atoms with Crippen LogP contribution in [0.3, 0.4) is 0 Å². The van der Waals surface area contributed by atoms with Crippen LogP contribution in [0, 0.1) is 5.92 Å². The molecule has 0 aromatic rings. The number of carbonyl (C=O) groups is 1. The van der Waals surface area contributed by atoms with Crippen molar-refractivity contribution in [2.45, 2.75) is 38.6 Å². The summed E-state index contributed by atoms with van der Waals surface area (Å²) in [5, 5.41) is 0.